The third-order valence-electron chi connectivity index (χ3n) is 2.34. The van der Waals surface area contributed by atoms with Crippen molar-refractivity contribution in [2.45, 2.75) is 12.8 Å². The van der Waals surface area contributed by atoms with E-state index in [9.17, 15) is 0 Å². The van der Waals surface area contributed by atoms with Gasteiger partial charge in [0.2, 0.25) is 0 Å². The number of nitrogens with two attached hydrogens (primary N) is 2. The van der Waals surface area contributed by atoms with Gasteiger partial charge in [0.1, 0.15) is 0 Å². The van der Waals surface area contributed by atoms with Crippen molar-refractivity contribution in [1.29, 1.82) is 0 Å². The zero-order valence-electron chi connectivity index (χ0n) is 11.5. The fraction of sp³-hybridized carbons (Fsp3) is 1.00. The van der Waals surface area contributed by atoms with Crippen LogP contribution in [0.15, 0.2) is 0 Å². The van der Waals surface area contributed by atoms with Crippen LogP contribution in [-0.2, 0) is 9.47 Å². The Balaban J connectivity index is 2.86. The molecule has 0 spiro atoms. The molecular formula is C12H30N4O2. The maximum absolute atomic E-state index is 5.39. The highest BCUT2D eigenvalue weighted by atomic mass is 16.5. The Morgan fingerprint density at radius 2 is 1.22 bits per heavy atom. The molecule has 6 heteroatoms. The molecule has 110 valence electrons. The van der Waals surface area contributed by atoms with Crippen LogP contribution >= 0.6 is 0 Å². The van der Waals surface area contributed by atoms with Crippen molar-refractivity contribution in [3.63, 3.8) is 0 Å². The molecule has 0 radical (unpaired) electrons. The minimum Gasteiger partial charge on any atom is -0.378 e. The van der Waals surface area contributed by atoms with Gasteiger partial charge in [-0.15, -0.1) is 0 Å². The molecule has 0 heterocycles. The topological polar surface area (TPSA) is 94.6 Å². The highest BCUT2D eigenvalue weighted by Crippen LogP contribution is 1.84. The van der Waals surface area contributed by atoms with E-state index in [0.29, 0.717) is 32.9 Å². The summed E-state index contributed by atoms with van der Waals surface area (Å²) in [5.41, 5.74) is 10.7. The molecule has 0 aromatic carbocycles. The molecule has 0 amide bonds. The summed E-state index contributed by atoms with van der Waals surface area (Å²) in [5.74, 6) is 0. The Bertz CT molecular complexity index is 134. The number of hydrogen-bond acceptors (Lipinski definition) is 6. The number of unbranched alkanes of at least 4 members (excludes halogenated alkanes) is 1. The molecule has 0 aliphatic carbocycles. The van der Waals surface area contributed by atoms with Crippen molar-refractivity contribution in [2.75, 3.05) is 65.7 Å². The van der Waals surface area contributed by atoms with Gasteiger partial charge in [-0.3, -0.25) is 0 Å². The summed E-state index contributed by atoms with van der Waals surface area (Å²) >= 11 is 0. The highest BCUT2D eigenvalue weighted by molar-refractivity contribution is 4.51. The van der Waals surface area contributed by atoms with E-state index in [1.807, 2.05) is 0 Å². The van der Waals surface area contributed by atoms with E-state index in [-0.39, 0.29) is 0 Å². The van der Waals surface area contributed by atoms with E-state index >= 15 is 0 Å². The SMILES string of the molecule is NCCNCCCCNCCOCCOCCN. The second-order valence-corrected chi connectivity index (χ2v) is 4.01. The Morgan fingerprint density at radius 3 is 1.83 bits per heavy atom. The summed E-state index contributed by atoms with van der Waals surface area (Å²) in [6, 6.07) is 0. The van der Waals surface area contributed by atoms with Crippen LogP contribution in [0.3, 0.4) is 0 Å². The van der Waals surface area contributed by atoms with Gasteiger partial charge in [0.25, 0.3) is 0 Å². The van der Waals surface area contributed by atoms with Crippen LogP contribution in [0.2, 0.25) is 0 Å². The van der Waals surface area contributed by atoms with E-state index in [1.165, 1.54) is 12.8 Å². The fourth-order valence-corrected chi connectivity index (χ4v) is 1.40. The number of nitrogens with one attached hydrogen (secondary N) is 2. The van der Waals surface area contributed by atoms with Crippen LogP contribution in [0.4, 0.5) is 0 Å². The van der Waals surface area contributed by atoms with Gasteiger partial charge in [-0.1, -0.05) is 0 Å². The molecule has 0 bridgehead atoms. The van der Waals surface area contributed by atoms with Crippen molar-refractivity contribution in [3.05, 3.63) is 0 Å². The first-order chi connectivity index (χ1) is 8.91. The van der Waals surface area contributed by atoms with Crippen LogP contribution < -0.4 is 22.1 Å². The molecule has 6 N–H and O–H groups in total. The third kappa shape index (κ3) is 15.8. The Labute approximate surface area is 111 Å². The summed E-state index contributed by atoms with van der Waals surface area (Å²) in [6.07, 6.45) is 2.36. The van der Waals surface area contributed by atoms with Crippen molar-refractivity contribution >= 4 is 0 Å². The van der Waals surface area contributed by atoms with Gasteiger partial charge < -0.3 is 31.6 Å². The number of hydrogen-bond donors (Lipinski definition) is 4. The van der Waals surface area contributed by atoms with Gasteiger partial charge in [-0.25, -0.2) is 0 Å². The van der Waals surface area contributed by atoms with Gasteiger partial charge in [-0.05, 0) is 25.9 Å². The van der Waals surface area contributed by atoms with Crippen LogP contribution in [0, 0.1) is 0 Å². The largest absolute Gasteiger partial charge is 0.378 e. The van der Waals surface area contributed by atoms with Crippen molar-refractivity contribution in [2.24, 2.45) is 11.5 Å². The second-order valence-electron chi connectivity index (χ2n) is 4.01. The summed E-state index contributed by atoms with van der Waals surface area (Å²) < 4.78 is 10.6. The Morgan fingerprint density at radius 1 is 0.611 bits per heavy atom. The maximum Gasteiger partial charge on any atom is 0.0701 e. The normalized spacial score (nSPS) is 11.0. The van der Waals surface area contributed by atoms with Gasteiger partial charge in [0, 0.05) is 26.2 Å². The molecule has 0 saturated heterocycles. The molecular weight excluding hydrogens is 232 g/mol. The van der Waals surface area contributed by atoms with Gasteiger partial charge in [-0.2, -0.15) is 0 Å². The average molecular weight is 262 g/mol. The lowest BCUT2D eigenvalue weighted by Gasteiger charge is -2.07. The minimum atomic E-state index is 0.571. The molecule has 6 nitrogen and oxygen atoms in total. The lowest BCUT2D eigenvalue weighted by Crippen LogP contribution is -2.25. The molecule has 18 heavy (non-hydrogen) atoms. The second kappa shape index (κ2) is 16.8. The van der Waals surface area contributed by atoms with Gasteiger partial charge >= 0.3 is 0 Å². The van der Waals surface area contributed by atoms with Crippen LogP contribution in [0.25, 0.3) is 0 Å². The summed E-state index contributed by atoms with van der Waals surface area (Å²) in [6.45, 7) is 7.80. The van der Waals surface area contributed by atoms with E-state index in [1.54, 1.807) is 0 Å². The molecule has 0 aliphatic heterocycles. The molecule has 0 aliphatic rings. The lowest BCUT2D eigenvalue weighted by atomic mass is 10.3. The first-order valence-electron chi connectivity index (χ1n) is 6.89. The zero-order chi connectivity index (χ0) is 13.3. The quantitative estimate of drug-likeness (QED) is 0.280. The molecule has 0 unspecified atom stereocenters. The molecule has 0 aromatic rings. The zero-order valence-corrected chi connectivity index (χ0v) is 11.5. The first-order valence-corrected chi connectivity index (χ1v) is 6.89. The van der Waals surface area contributed by atoms with Crippen LogP contribution in [-0.4, -0.2) is 65.7 Å². The van der Waals surface area contributed by atoms with E-state index in [4.69, 9.17) is 20.9 Å². The number of ether oxygens (including phenoxy) is 2. The van der Waals surface area contributed by atoms with E-state index < -0.39 is 0 Å². The Hall–Kier alpha value is -0.240. The minimum absolute atomic E-state index is 0.571. The molecule has 0 saturated carbocycles. The standard InChI is InChI=1S/C12H30N4O2/c13-3-7-15-5-1-2-6-16-8-10-18-12-11-17-9-4-14/h15-16H,1-14H2. The molecule has 0 rings (SSSR count). The smallest absolute Gasteiger partial charge is 0.0701 e. The predicted octanol–water partition coefficient (Wildman–Crippen LogP) is -1.10. The summed E-state index contributed by atoms with van der Waals surface area (Å²) in [4.78, 5) is 0. The van der Waals surface area contributed by atoms with Crippen molar-refractivity contribution in [1.82, 2.24) is 10.6 Å². The molecule has 0 fully saturated rings. The lowest BCUT2D eigenvalue weighted by molar-refractivity contribution is 0.0519. The maximum atomic E-state index is 5.39. The monoisotopic (exact) mass is 262 g/mol. The van der Waals surface area contributed by atoms with Crippen molar-refractivity contribution < 1.29 is 9.47 Å². The predicted molar refractivity (Wildman–Crippen MR) is 74.7 cm³/mol. The van der Waals surface area contributed by atoms with Gasteiger partial charge in [0.15, 0.2) is 0 Å². The average Bonchev–Trinajstić information content (AvgIpc) is 2.39. The summed E-state index contributed by atoms with van der Waals surface area (Å²) in [5, 5.41) is 6.61. The first kappa shape index (κ1) is 17.8. The van der Waals surface area contributed by atoms with Crippen molar-refractivity contribution in [3.8, 4) is 0 Å². The van der Waals surface area contributed by atoms with E-state index in [2.05, 4.69) is 10.6 Å². The highest BCUT2D eigenvalue weighted by Gasteiger charge is 1.91. The molecule has 0 atom stereocenters. The molecule has 0 aromatic heterocycles. The Kier molecular flexibility index (Phi) is 16.5. The van der Waals surface area contributed by atoms with Crippen LogP contribution in [0.5, 0.6) is 0 Å². The summed E-state index contributed by atoms with van der Waals surface area (Å²) in [7, 11) is 0. The van der Waals surface area contributed by atoms with E-state index in [0.717, 1.165) is 32.8 Å². The number of rotatable bonds is 15. The fourth-order valence-electron chi connectivity index (χ4n) is 1.40. The van der Waals surface area contributed by atoms with Crippen LogP contribution in [0.1, 0.15) is 12.8 Å². The third-order valence-corrected chi connectivity index (χ3v) is 2.34. The van der Waals surface area contributed by atoms with Gasteiger partial charge in [0.05, 0.1) is 26.4 Å².